The van der Waals surface area contributed by atoms with E-state index in [1.54, 1.807) is 0 Å². The van der Waals surface area contributed by atoms with Crippen LogP contribution in [-0.4, -0.2) is 23.5 Å². The Hall–Kier alpha value is -0.860. The van der Waals surface area contributed by atoms with Crippen molar-refractivity contribution in [2.24, 2.45) is 11.7 Å². The zero-order chi connectivity index (χ0) is 14.4. The predicted octanol–water partition coefficient (Wildman–Crippen LogP) is 3.83. The lowest BCUT2D eigenvalue weighted by Crippen LogP contribution is -2.49. The van der Waals surface area contributed by atoms with Crippen LogP contribution in [0.1, 0.15) is 52.6 Å². The van der Waals surface area contributed by atoms with Gasteiger partial charge in [0.05, 0.1) is 0 Å². The molecule has 2 N–H and O–H groups in total. The number of hydrogen-bond acceptors (Lipinski definition) is 2. The summed E-state index contributed by atoms with van der Waals surface area (Å²) >= 11 is 0. The highest BCUT2D eigenvalue weighted by Gasteiger charge is 2.30. The van der Waals surface area contributed by atoms with Crippen molar-refractivity contribution < 1.29 is 0 Å². The Bertz CT molecular complexity index is 348. The van der Waals surface area contributed by atoms with Crippen LogP contribution in [0.4, 0.5) is 0 Å². The molecule has 0 saturated heterocycles. The second kappa shape index (κ2) is 7.66. The lowest BCUT2D eigenvalue weighted by atomic mass is 9.89. The summed E-state index contributed by atoms with van der Waals surface area (Å²) in [5.41, 5.74) is 7.81. The third-order valence-corrected chi connectivity index (χ3v) is 4.14. The Kier molecular flexibility index (Phi) is 6.53. The quantitative estimate of drug-likeness (QED) is 0.809. The summed E-state index contributed by atoms with van der Waals surface area (Å²) < 4.78 is 0. The van der Waals surface area contributed by atoms with Crippen LogP contribution in [0.15, 0.2) is 30.3 Å². The van der Waals surface area contributed by atoms with Gasteiger partial charge < -0.3 is 5.73 Å². The first-order chi connectivity index (χ1) is 9.02. The molecule has 0 fully saturated rings. The van der Waals surface area contributed by atoms with Gasteiger partial charge in [-0.2, -0.15) is 0 Å². The molecule has 1 aromatic rings. The van der Waals surface area contributed by atoms with Crippen LogP contribution in [0.25, 0.3) is 0 Å². The van der Waals surface area contributed by atoms with Crippen LogP contribution in [0, 0.1) is 5.92 Å². The first-order valence-electron chi connectivity index (χ1n) is 7.59. The average Bonchev–Trinajstić information content (AvgIpc) is 2.43. The highest BCUT2D eigenvalue weighted by Crippen LogP contribution is 2.26. The van der Waals surface area contributed by atoms with Gasteiger partial charge in [0.25, 0.3) is 0 Å². The first kappa shape index (κ1) is 16.2. The summed E-state index contributed by atoms with van der Waals surface area (Å²) in [6, 6.07) is 11.5. The Morgan fingerprint density at radius 2 is 1.63 bits per heavy atom. The number of nitrogens with zero attached hydrogens (tertiary/aromatic N) is 1. The van der Waals surface area contributed by atoms with E-state index in [1.807, 2.05) is 6.07 Å². The predicted molar refractivity (Wildman–Crippen MR) is 84.1 cm³/mol. The van der Waals surface area contributed by atoms with Crippen molar-refractivity contribution >= 4 is 0 Å². The Morgan fingerprint density at radius 1 is 1.05 bits per heavy atom. The summed E-state index contributed by atoms with van der Waals surface area (Å²) in [6.07, 6.45) is 1.17. The van der Waals surface area contributed by atoms with Crippen molar-refractivity contribution in [3.63, 3.8) is 0 Å². The van der Waals surface area contributed by atoms with Crippen LogP contribution < -0.4 is 5.73 Å². The summed E-state index contributed by atoms with van der Waals surface area (Å²) in [5, 5.41) is 0. The maximum Gasteiger partial charge on any atom is 0.0455 e. The molecule has 0 spiro atoms. The highest BCUT2D eigenvalue weighted by atomic mass is 15.2. The van der Waals surface area contributed by atoms with Gasteiger partial charge in [0.2, 0.25) is 0 Å². The van der Waals surface area contributed by atoms with Crippen molar-refractivity contribution in [2.75, 3.05) is 6.54 Å². The van der Waals surface area contributed by atoms with Crippen molar-refractivity contribution in [1.29, 1.82) is 0 Å². The molecular formula is C17H30N2. The van der Waals surface area contributed by atoms with Gasteiger partial charge in [-0.15, -0.1) is 0 Å². The van der Waals surface area contributed by atoms with E-state index in [1.165, 1.54) is 12.0 Å². The second-order valence-corrected chi connectivity index (χ2v) is 5.76. The number of hydrogen-bond donors (Lipinski definition) is 1. The molecule has 3 atom stereocenters. The topological polar surface area (TPSA) is 29.3 Å². The first-order valence-corrected chi connectivity index (χ1v) is 7.59. The molecule has 0 heterocycles. The molecule has 0 saturated carbocycles. The minimum atomic E-state index is 0.0788. The van der Waals surface area contributed by atoms with E-state index in [0.29, 0.717) is 18.0 Å². The Balaban J connectivity index is 2.99. The number of likely N-dealkylation sites (N-methyl/N-ethyl adjacent to an activating group) is 1. The molecule has 3 unspecified atom stereocenters. The maximum absolute atomic E-state index is 6.57. The lowest BCUT2D eigenvalue weighted by molar-refractivity contribution is 0.0934. The van der Waals surface area contributed by atoms with E-state index in [4.69, 9.17) is 5.73 Å². The average molecular weight is 262 g/mol. The molecule has 0 radical (unpaired) electrons. The minimum Gasteiger partial charge on any atom is -0.323 e. The van der Waals surface area contributed by atoms with E-state index in [2.05, 4.69) is 63.8 Å². The SMILES string of the molecule is CCC(C)N(CC)C(C(C)C)C(N)c1ccccc1. The van der Waals surface area contributed by atoms with Gasteiger partial charge in [0, 0.05) is 18.1 Å². The van der Waals surface area contributed by atoms with E-state index < -0.39 is 0 Å². The molecule has 1 rings (SSSR count). The second-order valence-electron chi connectivity index (χ2n) is 5.76. The minimum absolute atomic E-state index is 0.0788. The number of nitrogens with two attached hydrogens (primary N) is 1. The molecule has 0 bridgehead atoms. The smallest absolute Gasteiger partial charge is 0.0455 e. The normalized spacial score (nSPS) is 16.6. The molecular weight excluding hydrogens is 232 g/mol. The molecule has 0 aliphatic rings. The van der Waals surface area contributed by atoms with Crippen molar-refractivity contribution in [2.45, 2.75) is 59.2 Å². The highest BCUT2D eigenvalue weighted by molar-refractivity contribution is 5.20. The number of benzene rings is 1. The zero-order valence-corrected chi connectivity index (χ0v) is 13.1. The third-order valence-electron chi connectivity index (χ3n) is 4.14. The number of rotatable bonds is 7. The summed E-state index contributed by atoms with van der Waals surface area (Å²) in [7, 11) is 0. The summed E-state index contributed by atoms with van der Waals surface area (Å²) in [6.45, 7) is 12.4. The van der Waals surface area contributed by atoms with Gasteiger partial charge in [-0.1, -0.05) is 58.0 Å². The third kappa shape index (κ3) is 4.05. The summed E-state index contributed by atoms with van der Waals surface area (Å²) in [5.74, 6) is 0.546. The standard InChI is InChI=1S/C17H30N2/c1-6-14(5)19(7-2)17(13(3)4)16(18)15-11-9-8-10-12-15/h8-14,16-17H,6-7,18H2,1-5H3. The fraction of sp³-hybridized carbons (Fsp3) is 0.647. The van der Waals surface area contributed by atoms with Gasteiger partial charge >= 0.3 is 0 Å². The molecule has 0 aliphatic carbocycles. The molecule has 19 heavy (non-hydrogen) atoms. The van der Waals surface area contributed by atoms with Gasteiger partial charge in [0.15, 0.2) is 0 Å². The van der Waals surface area contributed by atoms with Crippen LogP contribution >= 0.6 is 0 Å². The fourth-order valence-electron chi connectivity index (χ4n) is 2.93. The molecule has 2 nitrogen and oxygen atoms in total. The van der Waals surface area contributed by atoms with Crippen molar-refractivity contribution in [3.8, 4) is 0 Å². The summed E-state index contributed by atoms with van der Waals surface area (Å²) in [4.78, 5) is 2.56. The monoisotopic (exact) mass is 262 g/mol. The van der Waals surface area contributed by atoms with Gasteiger partial charge in [0.1, 0.15) is 0 Å². The Morgan fingerprint density at radius 3 is 2.05 bits per heavy atom. The van der Waals surface area contributed by atoms with Crippen LogP contribution in [0.2, 0.25) is 0 Å². The lowest BCUT2D eigenvalue weighted by Gasteiger charge is -2.41. The van der Waals surface area contributed by atoms with Crippen LogP contribution in [0.3, 0.4) is 0 Å². The van der Waals surface area contributed by atoms with E-state index in [-0.39, 0.29) is 6.04 Å². The Labute approximate surface area is 119 Å². The van der Waals surface area contributed by atoms with Gasteiger partial charge in [-0.3, -0.25) is 4.90 Å². The molecule has 108 valence electrons. The van der Waals surface area contributed by atoms with Crippen LogP contribution in [0.5, 0.6) is 0 Å². The molecule has 0 amide bonds. The van der Waals surface area contributed by atoms with E-state index in [0.717, 1.165) is 6.54 Å². The molecule has 0 aliphatic heterocycles. The maximum atomic E-state index is 6.57. The van der Waals surface area contributed by atoms with Crippen molar-refractivity contribution in [1.82, 2.24) is 4.90 Å². The van der Waals surface area contributed by atoms with E-state index >= 15 is 0 Å². The molecule has 1 aromatic carbocycles. The largest absolute Gasteiger partial charge is 0.323 e. The zero-order valence-electron chi connectivity index (χ0n) is 13.1. The van der Waals surface area contributed by atoms with Gasteiger partial charge in [-0.25, -0.2) is 0 Å². The van der Waals surface area contributed by atoms with Gasteiger partial charge in [-0.05, 0) is 31.4 Å². The van der Waals surface area contributed by atoms with E-state index in [9.17, 15) is 0 Å². The molecule has 2 heteroatoms. The fourth-order valence-corrected chi connectivity index (χ4v) is 2.93. The van der Waals surface area contributed by atoms with Crippen LogP contribution in [-0.2, 0) is 0 Å². The molecule has 0 aromatic heterocycles. The van der Waals surface area contributed by atoms with Crippen molar-refractivity contribution in [3.05, 3.63) is 35.9 Å².